The largest absolute Gasteiger partial charge is 0.478 e. The zero-order valence-corrected chi connectivity index (χ0v) is 20.5. The first-order valence-corrected chi connectivity index (χ1v) is 12.1. The standard InChI is InChI=1S/C24H27N5O5S/c1-24(2,3)17-13-35-23(25-17)27-21(33)14-8-10-29-18(11-14)26-20(28-9-4-5-15(30)12-28)16(22(29)34)6-7-19(31)32/h6-8,10-11,13,15,30H,4-5,9,12H2,1-3H3,(H,31,32)(H,25,27,33)/b7-6+/t15-/m1/s1. The molecule has 3 aromatic heterocycles. The Balaban J connectivity index is 1.72. The van der Waals surface area contributed by atoms with E-state index in [1.807, 2.05) is 26.2 Å². The fourth-order valence-electron chi connectivity index (χ4n) is 3.81. The van der Waals surface area contributed by atoms with Crippen LogP contribution in [0.5, 0.6) is 0 Å². The molecule has 1 aliphatic heterocycles. The second-order valence-electron chi connectivity index (χ2n) is 9.45. The Hall–Kier alpha value is -3.57. The number of aliphatic carboxylic acids is 1. The van der Waals surface area contributed by atoms with E-state index in [2.05, 4.69) is 15.3 Å². The van der Waals surface area contributed by atoms with Crippen LogP contribution in [0, 0.1) is 0 Å². The summed E-state index contributed by atoms with van der Waals surface area (Å²) in [6, 6.07) is 3.00. The van der Waals surface area contributed by atoms with Gasteiger partial charge >= 0.3 is 5.97 Å². The summed E-state index contributed by atoms with van der Waals surface area (Å²) >= 11 is 1.34. The van der Waals surface area contributed by atoms with Crippen LogP contribution in [0.25, 0.3) is 11.7 Å². The molecular formula is C24H27N5O5S. The summed E-state index contributed by atoms with van der Waals surface area (Å²) in [5.74, 6) is -1.30. The van der Waals surface area contributed by atoms with Gasteiger partial charge in [-0.25, -0.2) is 14.8 Å². The number of aliphatic hydroxyl groups is 1. The molecule has 0 saturated carbocycles. The minimum absolute atomic E-state index is 0.105. The van der Waals surface area contributed by atoms with E-state index in [1.54, 1.807) is 4.90 Å². The molecule has 3 N–H and O–H groups in total. The number of fused-ring (bicyclic) bond motifs is 1. The summed E-state index contributed by atoms with van der Waals surface area (Å²) in [5.41, 5.74) is 0.902. The number of rotatable bonds is 5. The van der Waals surface area contributed by atoms with Crippen LogP contribution < -0.4 is 15.8 Å². The molecule has 4 rings (SSSR count). The highest BCUT2D eigenvalue weighted by Gasteiger charge is 2.24. The topological polar surface area (TPSA) is 137 Å². The molecule has 184 valence electrons. The summed E-state index contributed by atoms with van der Waals surface area (Å²) in [5, 5.41) is 24.4. The first-order chi connectivity index (χ1) is 16.5. The molecule has 0 spiro atoms. The molecule has 3 aromatic rings. The van der Waals surface area contributed by atoms with E-state index >= 15 is 0 Å². The molecule has 35 heavy (non-hydrogen) atoms. The van der Waals surface area contributed by atoms with E-state index in [-0.39, 0.29) is 34.9 Å². The highest BCUT2D eigenvalue weighted by atomic mass is 32.1. The molecule has 11 heteroatoms. The summed E-state index contributed by atoms with van der Waals surface area (Å²) in [4.78, 5) is 48.1. The number of hydrogen-bond acceptors (Lipinski definition) is 8. The van der Waals surface area contributed by atoms with Gasteiger partial charge in [0.1, 0.15) is 11.5 Å². The highest BCUT2D eigenvalue weighted by molar-refractivity contribution is 7.14. The fraction of sp³-hybridized carbons (Fsp3) is 0.375. The molecular weight excluding hydrogens is 470 g/mol. The molecule has 1 saturated heterocycles. The van der Waals surface area contributed by atoms with Gasteiger partial charge in [-0.2, -0.15) is 0 Å². The van der Waals surface area contributed by atoms with Gasteiger partial charge in [-0.1, -0.05) is 20.8 Å². The van der Waals surface area contributed by atoms with Crippen LogP contribution in [-0.4, -0.2) is 55.7 Å². The highest BCUT2D eigenvalue weighted by Crippen LogP contribution is 2.27. The second-order valence-corrected chi connectivity index (χ2v) is 10.3. The maximum absolute atomic E-state index is 13.2. The first-order valence-electron chi connectivity index (χ1n) is 11.2. The van der Waals surface area contributed by atoms with Crippen LogP contribution in [0.2, 0.25) is 0 Å². The normalized spacial score (nSPS) is 16.7. The minimum Gasteiger partial charge on any atom is -0.478 e. The molecule has 10 nitrogen and oxygen atoms in total. The number of piperidine rings is 1. The van der Waals surface area contributed by atoms with Gasteiger partial charge < -0.3 is 15.1 Å². The lowest BCUT2D eigenvalue weighted by Crippen LogP contribution is -2.40. The number of nitrogens with one attached hydrogen (secondary N) is 1. The van der Waals surface area contributed by atoms with Crippen molar-refractivity contribution in [1.29, 1.82) is 0 Å². The number of β-amino-alcohol motifs (C(OH)–C–C–N with tert-alkyl or cyclic N) is 1. The molecule has 1 amide bonds. The Morgan fingerprint density at radius 3 is 2.71 bits per heavy atom. The molecule has 4 heterocycles. The van der Waals surface area contributed by atoms with Crippen LogP contribution in [0.3, 0.4) is 0 Å². The summed E-state index contributed by atoms with van der Waals surface area (Å²) in [7, 11) is 0. The Morgan fingerprint density at radius 2 is 2.06 bits per heavy atom. The van der Waals surface area contributed by atoms with Crippen LogP contribution >= 0.6 is 11.3 Å². The Kier molecular flexibility index (Phi) is 6.73. The lowest BCUT2D eigenvalue weighted by molar-refractivity contribution is -0.131. The molecule has 0 bridgehead atoms. The number of carboxylic acid groups (broad SMARTS) is 1. The van der Waals surface area contributed by atoms with Crippen molar-refractivity contribution in [3.63, 3.8) is 0 Å². The minimum atomic E-state index is -1.19. The lowest BCUT2D eigenvalue weighted by Gasteiger charge is -2.32. The summed E-state index contributed by atoms with van der Waals surface area (Å²) in [6.07, 6.45) is 4.31. The van der Waals surface area contributed by atoms with Gasteiger partial charge in [-0.15, -0.1) is 11.3 Å². The SMILES string of the molecule is CC(C)(C)c1csc(NC(=O)c2ccn3c(=O)c(/C=C/C(=O)O)c(N4CCC[C@@H](O)C4)nc3c2)n1. The second kappa shape index (κ2) is 9.59. The van der Waals surface area contributed by atoms with Gasteiger partial charge in [0.25, 0.3) is 11.5 Å². The third kappa shape index (κ3) is 5.41. The van der Waals surface area contributed by atoms with Crippen LogP contribution in [0.15, 0.2) is 34.6 Å². The number of thiazole rings is 1. The molecule has 0 aromatic carbocycles. The Labute approximate surface area is 205 Å². The predicted octanol–water partition coefficient (Wildman–Crippen LogP) is 2.76. The van der Waals surface area contributed by atoms with Gasteiger partial charge in [0, 0.05) is 41.7 Å². The number of aromatic nitrogens is 3. The summed E-state index contributed by atoms with van der Waals surface area (Å²) < 4.78 is 1.27. The summed E-state index contributed by atoms with van der Waals surface area (Å²) in [6.45, 7) is 6.96. The van der Waals surface area contributed by atoms with E-state index in [0.717, 1.165) is 11.8 Å². The van der Waals surface area contributed by atoms with Gasteiger partial charge in [0.15, 0.2) is 5.13 Å². The van der Waals surface area contributed by atoms with Crippen molar-refractivity contribution in [2.45, 2.75) is 45.1 Å². The molecule has 1 atom stereocenters. The van der Waals surface area contributed by atoms with Crippen LogP contribution in [-0.2, 0) is 10.2 Å². The maximum atomic E-state index is 13.2. The van der Waals surface area contributed by atoms with Gasteiger partial charge in [0.05, 0.1) is 17.4 Å². The smallest absolute Gasteiger partial charge is 0.328 e. The predicted molar refractivity (Wildman–Crippen MR) is 134 cm³/mol. The van der Waals surface area contributed by atoms with Crippen molar-refractivity contribution in [2.24, 2.45) is 0 Å². The van der Waals surface area contributed by atoms with E-state index in [0.29, 0.717) is 30.1 Å². The Bertz CT molecular complexity index is 1370. The quantitative estimate of drug-likeness (QED) is 0.458. The number of aliphatic hydroxyl groups excluding tert-OH is 1. The van der Waals surface area contributed by atoms with E-state index in [1.165, 1.54) is 40.1 Å². The van der Waals surface area contributed by atoms with Crippen molar-refractivity contribution in [1.82, 2.24) is 14.4 Å². The van der Waals surface area contributed by atoms with Crippen molar-refractivity contribution in [3.05, 3.63) is 57.0 Å². The van der Waals surface area contributed by atoms with Crippen molar-refractivity contribution >= 4 is 45.9 Å². The van der Waals surface area contributed by atoms with E-state index in [4.69, 9.17) is 5.11 Å². The average Bonchev–Trinajstić information content (AvgIpc) is 3.27. The van der Waals surface area contributed by atoms with E-state index < -0.39 is 17.6 Å². The van der Waals surface area contributed by atoms with Gasteiger partial charge in [-0.05, 0) is 31.1 Å². The van der Waals surface area contributed by atoms with Gasteiger partial charge in [-0.3, -0.25) is 19.3 Å². The number of pyridine rings is 1. The number of anilines is 2. The monoisotopic (exact) mass is 497 g/mol. The Morgan fingerprint density at radius 1 is 1.29 bits per heavy atom. The number of amides is 1. The van der Waals surface area contributed by atoms with Crippen molar-refractivity contribution in [2.75, 3.05) is 23.3 Å². The molecule has 0 aliphatic carbocycles. The van der Waals surface area contributed by atoms with Crippen LogP contribution in [0.4, 0.5) is 10.9 Å². The zero-order chi connectivity index (χ0) is 25.3. The molecule has 0 radical (unpaired) electrons. The number of nitrogens with zero attached hydrogens (tertiary/aromatic N) is 4. The van der Waals surface area contributed by atoms with Gasteiger partial charge in [0.2, 0.25) is 0 Å². The maximum Gasteiger partial charge on any atom is 0.328 e. The van der Waals surface area contributed by atoms with Crippen molar-refractivity contribution in [3.8, 4) is 0 Å². The first kappa shape index (κ1) is 24.6. The molecule has 1 fully saturated rings. The third-order valence-corrected chi connectivity index (χ3v) is 6.45. The zero-order valence-electron chi connectivity index (χ0n) is 19.7. The fourth-order valence-corrected chi connectivity index (χ4v) is 4.75. The molecule has 1 aliphatic rings. The lowest BCUT2D eigenvalue weighted by atomic mass is 9.93. The van der Waals surface area contributed by atoms with Crippen LogP contribution in [0.1, 0.15) is 55.2 Å². The third-order valence-electron chi connectivity index (χ3n) is 5.69. The molecule has 0 unspecified atom stereocenters. The number of carbonyl (C=O) groups excluding carboxylic acids is 1. The van der Waals surface area contributed by atoms with Crippen molar-refractivity contribution < 1.29 is 19.8 Å². The average molecular weight is 498 g/mol. The number of hydrogen-bond donors (Lipinski definition) is 3. The van der Waals surface area contributed by atoms with E-state index in [9.17, 15) is 19.5 Å². The number of carbonyl (C=O) groups is 2. The number of carboxylic acids is 1.